The second-order valence-electron chi connectivity index (χ2n) is 6.96. The van der Waals surface area contributed by atoms with E-state index in [0.717, 1.165) is 0 Å². The van der Waals surface area contributed by atoms with Crippen LogP contribution in [0.15, 0.2) is 0 Å². The number of rotatable bonds is 18. The summed E-state index contributed by atoms with van der Waals surface area (Å²) in [6.07, 6.45) is 19.3. The predicted molar refractivity (Wildman–Crippen MR) is 119 cm³/mol. The number of thioether (sulfide) groups is 1. The molecule has 0 aromatic rings. The molecule has 3 heteroatoms. The van der Waals surface area contributed by atoms with Crippen molar-refractivity contribution in [2.24, 2.45) is 0 Å². The molecule has 0 aromatic heterocycles. The molecule has 0 saturated carbocycles. The van der Waals surface area contributed by atoms with Gasteiger partial charge in [0.2, 0.25) is 0 Å². The highest BCUT2D eigenvalue weighted by Gasteiger charge is 2.07. The van der Waals surface area contributed by atoms with Crippen molar-refractivity contribution >= 4 is 37.0 Å². The van der Waals surface area contributed by atoms with Gasteiger partial charge in [0.15, 0.2) is 0 Å². The molecule has 0 spiro atoms. The van der Waals surface area contributed by atoms with Crippen molar-refractivity contribution < 1.29 is 0 Å². The summed E-state index contributed by atoms with van der Waals surface area (Å²) < 4.78 is 0. The third kappa shape index (κ3) is 19.2. The minimum atomic E-state index is 0.584. The van der Waals surface area contributed by atoms with Crippen molar-refractivity contribution in [2.45, 2.75) is 114 Å². The molecule has 0 aromatic carbocycles. The Balaban J connectivity index is 3.30. The lowest BCUT2D eigenvalue weighted by molar-refractivity contribution is 0.589. The summed E-state index contributed by atoms with van der Waals surface area (Å²) >= 11 is 11.6. The first-order valence-corrected chi connectivity index (χ1v) is 12.3. The van der Waals surface area contributed by atoms with Crippen LogP contribution in [0.25, 0.3) is 0 Å². The molecule has 0 bridgehead atoms. The van der Waals surface area contributed by atoms with Gasteiger partial charge in [0.05, 0.1) is 0 Å². The fourth-order valence-electron chi connectivity index (χ4n) is 2.83. The van der Waals surface area contributed by atoms with Crippen LogP contribution in [-0.2, 0) is 0 Å². The van der Waals surface area contributed by atoms with Gasteiger partial charge in [0.1, 0.15) is 0 Å². The van der Waals surface area contributed by atoms with E-state index in [1.54, 1.807) is 0 Å². The van der Waals surface area contributed by atoms with Crippen molar-refractivity contribution in [3.63, 3.8) is 0 Å². The average molecular weight is 379 g/mol. The Labute approximate surface area is 162 Å². The van der Waals surface area contributed by atoms with Crippen LogP contribution in [0.2, 0.25) is 0 Å². The summed E-state index contributed by atoms with van der Waals surface area (Å²) in [6.45, 7) is 4.56. The minimum absolute atomic E-state index is 0.584. The molecule has 0 nitrogen and oxygen atoms in total. The maximum atomic E-state index is 4.75. The van der Waals surface area contributed by atoms with Gasteiger partial charge in [0.25, 0.3) is 0 Å². The molecule has 23 heavy (non-hydrogen) atoms. The van der Waals surface area contributed by atoms with Crippen LogP contribution in [0.1, 0.15) is 104 Å². The van der Waals surface area contributed by atoms with E-state index in [9.17, 15) is 0 Å². The van der Waals surface area contributed by atoms with Crippen LogP contribution in [0.5, 0.6) is 0 Å². The molecule has 0 saturated heterocycles. The number of unbranched alkanes of at least 4 members (excludes halogenated alkanes) is 10. The van der Waals surface area contributed by atoms with Crippen molar-refractivity contribution in [2.75, 3.05) is 11.5 Å². The molecule has 0 fully saturated rings. The van der Waals surface area contributed by atoms with E-state index in [1.165, 1.54) is 101 Å². The highest BCUT2D eigenvalue weighted by molar-refractivity contribution is 8.00. The third-order valence-electron chi connectivity index (χ3n) is 4.40. The van der Waals surface area contributed by atoms with Crippen LogP contribution in [0, 0.1) is 0 Å². The number of hydrogen-bond acceptors (Lipinski definition) is 3. The van der Waals surface area contributed by atoms with Gasteiger partial charge in [-0.05, 0) is 12.8 Å². The van der Waals surface area contributed by atoms with E-state index in [4.69, 9.17) is 25.3 Å². The maximum absolute atomic E-state index is 4.75. The molecular formula is C20H42S3. The Hall–Kier alpha value is 1.05. The van der Waals surface area contributed by atoms with Crippen molar-refractivity contribution in [1.29, 1.82) is 0 Å². The predicted octanol–water partition coefficient (Wildman–Crippen LogP) is 7.82. The SMILES string of the molecule is CCCCCCCCC(S)CSCC(S)CCCCCCCC. The molecule has 2 unspecified atom stereocenters. The van der Waals surface area contributed by atoms with Gasteiger partial charge in [0, 0.05) is 22.0 Å². The Bertz CT molecular complexity index is 199. The minimum Gasteiger partial charge on any atom is -0.175 e. The Kier molecular flexibility index (Phi) is 20.3. The molecule has 0 aliphatic carbocycles. The van der Waals surface area contributed by atoms with Crippen LogP contribution < -0.4 is 0 Å². The van der Waals surface area contributed by atoms with E-state index in [-0.39, 0.29) is 0 Å². The van der Waals surface area contributed by atoms with Gasteiger partial charge < -0.3 is 0 Å². The highest BCUT2D eigenvalue weighted by atomic mass is 32.2. The molecule has 0 radical (unpaired) electrons. The van der Waals surface area contributed by atoms with E-state index in [2.05, 4.69) is 25.6 Å². The van der Waals surface area contributed by atoms with Crippen LogP contribution in [0.3, 0.4) is 0 Å². The Morgan fingerprint density at radius 2 is 0.913 bits per heavy atom. The van der Waals surface area contributed by atoms with E-state index >= 15 is 0 Å². The third-order valence-corrected chi connectivity index (χ3v) is 7.05. The van der Waals surface area contributed by atoms with E-state index < -0.39 is 0 Å². The van der Waals surface area contributed by atoms with Crippen molar-refractivity contribution in [1.82, 2.24) is 0 Å². The first kappa shape index (κ1) is 24.1. The van der Waals surface area contributed by atoms with Gasteiger partial charge in [-0.1, -0.05) is 90.9 Å². The summed E-state index contributed by atoms with van der Waals surface area (Å²) in [5, 5.41) is 1.17. The lowest BCUT2D eigenvalue weighted by Gasteiger charge is -2.13. The summed E-state index contributed by atoms with van der Waals surface area (Å²) in [4.78, 5) is 0. The van der Waals surface area contributed by atoms with Gasteiger partial charge in [-0.3, -0.25) is 0 Å². The van der Waals surface area contributed by atoms with E-state index in [1.807, 2.05) is 0 Å². The van der Waals surface area contributed by atoms with Gasteiger partial charge in [-0.15, -0.1) is 0 Å². The van der Waals surface area contributed by atoms with Crippen LogP contribution in [-0.4, -0.2) is 22.0 Å². The summed E-state index contributed by atoms with van der Waals surface area (Å²) in [5.74, 6) is 2.40. The molecule has 140 valence electrons. The molecule has 0 aliphatic rings. The molecular weight excluding hydrogens is 336 g/mol. The van der Waals surface area contributed by atoms with Crippen LogP contribution >= 0.6 is 37.0 Å². The van der Waals surface area contributed by atoms with Gasteiger partial charge in [-0.25, -0.2) is 0 Å². The monoisotopic (exact) mass is 378 g/mol. The largest absolute Gasteiger partial charge is 0.175 e. The smallest absolute Gasteiger partial charge is 0.0107 e. The standard InChI is InChI=1S/C20H42S3/c1-3-5-7-9-11-13-15-19(21)17-23-18-20(22)16-14-12-10-8-6-4-2/h19-22H,3-18H2,1-2H3. The second-order valence-corrected chi connectivity index (χ2v) is 9.49. The maximum Gasteiger partial charge on any atom is 0.0107 e. The molecule has 0 aliphatic heterocycles. The van der Waals surface area contributed by atoms with Gasteiger partial charge in [-0.2, -0.15) is 37.0 Å². The summed E-state index contributed by atoms with van der Waals surface area (Å²) in [6, 6.07) is 0. The zero-order valence-corrected chi connectivity index (χ0v) is 18.4. The zero-order valence-electron chi connectivity index (χ0n) is 15.8. The van der Waals surface area contributed by atoms with E-state index in [0.29, 0.717) is 10.5 Å². The molecule has 0 rings (SSSR count). The van der Waals surface area contributed by atoms with Crippen molar-refractivity contribution in [3.8, 4) is 0 Å². The molecule has 0 heterocycles. The quantitative estimate of drug-likeness (QED) is 0.181. The summed E-state index contributed by atoms with van der Waals surface area (Å²) in [5.41, 5.74) is 0. The number of thiol groups is 2. The second kappa shape index (κ2) is 19.4. The first-order chi connectivity index (χ1) is 11.2. The zero-order chi connectivity index (χ0) is 17.2. The molecule has 0 amide bonds. The topological polar surface area (TPSA) is 0 Å². The lowest BCUT2D eigenvalue weighted by atomic mass is 10.1. The Morgan fingerprint density at radius 1 is 0.565 bits per heavy atom. The van der Waals surface area contributed by atoms with Gasteiger partial charge >= 0.3 is 0 Å². The lowest BCUT2D eigenvalue weighted by Crippen LogP contribution is -2.08. The van der Waals surface area contributed by atoms with Crippen LogP contribution in [0.4, 0.5) is 0 Å². The fraction of sp³-hybridized carbons (Fsp3) is 1.00. The fourth-order valence-corrected chi connectivity index (χ4v) is 4.84. The molecule has 2 atom stereocenters. The Morgan fingerprint density at radius 3 is 1.30 bits per heavy atom. The number of hydrogen-bond donors (Lipinski definition) is 2. The highest BCUT2D eigenvalue weighted by Crippen LogP contribution is 2.20. The first-order valence-electron chi connectivity index (χ1n) is 10.1. The average Bonchev–Trinajstić information content (AvgIpc) is 2.54. The van der Waals surface area contributed by atoms with Crippen molar-refractivity contribution in [3.05, 3.63) is 0 Å². The molecule has 0 N–H and O–H groups in total. The normalized spacial score (nSPS) is 14.1. The summed E-state index contributed by atoms with van der Waals surface area (Å²) in [7, 11) is 0.